The smallest absolute Gasteiger partial charge is 0.255 e. The number of methoxy groups -OCH3 is 1. The highest BCUT2D eigenvalue weighted by Gasteiger charge is 2.18. The molecule has 1 amide bonds. The van der Waals surface area contributed by atoms with Crippen molar-refractivity contribution in [3.63, 3.8) is 0 Å². The minimum absolute atomic E-state index is 0. The third kappa shape index (κ3) is 4.37. The summed E-state index contributed by atoms with van der Waals surface area (Å²) in [5.74, 6) is 0.513. The fraction of sp³-hybridized carbons (Fsp3) is 0.462. The van der Waals surface area contributed by atoms with Crippen LogP contribution < -0.4 is 15.4 Å². The largest absolute Gasteiger partial charge is 0.496 e. The van der Waals surface area contributed by atoms with Crippen molar-refractivity contribution in [3.05, 3.63) is 28.2 Å². The first kappa shape index (κ1) is 16.3. The summed E-state index contributed by atoms with van der Waals surface area (Å²) in [6, 6.07) is 5.62. The zero-order valence-corrected chi connectivity index (χ0v) is 13.1. The number of carbonyl (C=O) groups is 1. The Bertz CT molecular complexity index is 437. The molecule has 0 aliphatic carbocycles. The summed E-state index contributed by atoms with van der Waals surface area (Å²) in [5.41, 5.74) is 0.575. The second-order valence-corrected chi connectivity index (χ2v) is 5.28. The maximum atomic E-state index is 12.2. The van der Waals surface area contributed by atoms with E-state index in [2.05, 4.69) is 26.6 Å². The first-order chi connectivity index (χ1) is 8.70. The van der Waals surface area contributed by atoms with Crippen molar-refractivity contribution in [3.8, 4) is 5.75 Å². The minimum Gasteiger partial charge on any atom is -0.496 e. The molecule has 2 rings (SSSR count). The number of halogens is 2. The topological polar surface area (TPSA) is 50.4 Å². The summed E-state index contributed by atoms with van der Waals surface area (Å²) in [6.45, 7) is 1.87. The lowest BCUT2D eigenvalue weighted by molar-refractivity contribution is 0.0927. The van der Waals surface area contributed by atoms with Gasteiger partial charge in [-0.05, 0) is 37.6 Å². The number of hydrogen-bond acceptors (Lipinski definition) is 3. The van der Waals surface area contributed by atoms with Crippen molar-refractivity contribution >= 4 is 34.2 Å². The summed E-state index contributed by atoms with van der Waals surface area (Å²) in [4.78, 5) is 12.2. The second-order valence-electron chi connectivity index (χ2n) is 4.36. The van der Waals surface area contributed by atoms with Gasteiger partial charge in [-0.25, -0.2) is 0 Å². The third-order valence-electron chi connectivity index (χ3n) is 3.04. The Balaban J connectivity index is 0.00000180. The predicted molar refractivity (Wildman–Crippen MR) is 81.3 cm³/mol. The number of nitrogens with one attached hydrogen (secondary N) is 2. The van der Waals surface area contributed by atoms with Crippen LogP contribution in [0.25, 0.3) is 0 Å². The van der Waals surface area contributed by atoms with Crippen molar-refractivity contribution in [1.82, 2.24) is 10.6 Å². The highest BCUT2D eigenvalue weighted by atomic mass is 79.9. The van der Waals surface area contributed by atoms with Gasteiger partial charge in [0.05, 0.1) is 12.7 Å². The maximum Gasteiger partial charge on any atom is 0.255 e. The Morgan fingerprint density at radius 2 is 2.32 bits per heavy atom. The van der Waals surface area contributed by atoms with Crippen molar-refractivity contribution in [1.29, 1.82) is 0 Å². The van der Waals surface area contributed by atoms with Crippen LogP contribution in [0.4, 0.5) is 0 Å². The van der Waals surface area contributed by atoms with E-state index in [1.807, 2.05) is 6.07 Å². The van der Waals surface area contributed by atoms with Crippen LogP contribution in [0.5, 0.6) is 5.75 Å². The van der Waals surface area contributed by atoms with Crippen LogP contribution in [0.1, 0.15) is 23.2 Å². The highest BCUT2D eigenvalue weighted by molar-refractivity contribution is 9.10. The van der Waals surface area contributed by atoms with Gasteiger partial charge in [0.2, 0.25) is 0 Å². The summed E-state index contributed by atoms with van der Waals surface area (Å²) >= 11 is 3.36. The Kier molecular flexibility index (Phi) is 6.62. The fourth-order valence-electron chi connectivity index (χ4n) is 2.09. The maximum absolute atomic E-state index is 12.2. The molecular formula is C13H18BrClN2O2. The van der Waals surface area contributed by atoms with Crippen LogP contribution in [-0.4, -0.2) is 32.1 Å². The van der Waals surface area contributed by atoms with Gasteiger partial charge in [-0.15, -0.1) is 12.4 Å². The Morgan fingerprint density at radius 1 is 1.53 bits per heavy atom. The van der Waals surface area contributed by atoms with Crippen LogP contribution in [0, 0.1) is 0 Å². The van der Waals surface area contributed by atoms with Gasteiger partial charge < -0.3 is 15.4 Å². The van der Waals surface area contributed by atoms with E-state index in [-0.39, 0.29) is 24.4 Å². The second kappa shape index (κ2) is 7.72. The first-order valence-corrected chi connectivity index (χ1v) is 6.85. The molecule has 1 aromatic rings. The normalized spacial score (nSPS) is 18.3. The number of amides is 1. The van der Waals surface area contributed by atoms with Gasteiger partial charge in [0.1, 0.15) is 5.75 Å². The zero-order valence-electron chi connectivity index (χ0n) is 10.7. The van der Waals surface area contributed by atoms with Gasteiger partial charge in [0.25, 0.3) is 5.91 Å². The Morgan fingerprint density at radius 3 is 2.95 bits per heavy atom. The number of ether oxygens (including phenoxy) is 1. The number of carbonyl (C=O) groups excluding carboxylic acids is 1. The number of hydrogen-bond donors (Lipinski definition) is 2. The molecule has 1 fully saturated rings. The molecule has 1 heterocycles. The van der Waals surface area contributed by atoms with Gasteiger partial charge in [0, 0.05) is 17.1 Å². The lowest BCUT2D eigenvalue weighted by Crippen LogP contribution is -2.45. The van der Waals surface area contributed by atoms with E-state index in [1.54, 1.807) is 19.2 Å². The highest BCUT2D eigenvalue weighted by Crippen LogP contribution is 2.23. The third-order valence-corrected chi connectivity index (χ3v) is 3.53. The molecule has 2 N–H and O–H groups in total. The Labute approximate surface area is 127 Å². The zero-order chi connectivity index (χ0) is 13.0. The molecule has 1 aliphatic heterocycles. The number of rotatable bonds is 3. The van der Waals surface area contributed by atoms with Crippen molar-refractivity contribution in [2.75, 3.05) is 20.2 Å². The average Bonchev–Trinajstić information content (AvgIpc) is 2.39. The van der Waals surface area contributed by atoms with Crippen LogP contribution in [0.2, 0.25) is 0 Å². The lowest BCUT2D eigenvalue weighted by atomic mass is 10.1. The minimum atomic E-state index is -0.0759. The van der Waals surface area contributed by atoms with Gasteiger partial charge in [-0.1, -0.05) is 15.9 Å². The van der Waals surface area contributed by atoms with E-state index in [0.29, 0.717) is 11.3 Å². The molecule has 0 bridgehead atoms. The van der Waals surface area contributed by atoms with Crippen LogP contribution >= 0.6 is 28.3 Å². The monoisotopic (exact) mass is 348 g/mol. The summed E-state index contributed by atoms with van der Waals surface area (Å²) in [5, 5.41) is 6.31. The first-order valence-electron chi connectivity index (χ1n) is 6.06. The van der Waals surface area contributed by atoms with E-state index < -0.39 is 0 Å². The summed E-state index contributed by atoms with van der Waals surface area (Å²) < 4.78 is 6.13. The molecule has 19 heavy (non-hydrogen) atoms. The predicted octanol–water partition coefficient (Wildman–Crippen LogP) is 2.36. The average molecular weight is 350 g/mol. The van der Waals surface area contributed by atoms with Crippen LogP contribution in [-0.2, 0) is 0 Å². The molecule has 0 radical (unpaired) electrons. The summed E-state index contributed by atoms with van der Waals surface area (Å²) in [7, 11) is 1.57. The molecule has 1 saturated heterocycles. The Hall–Kier alpha value is -0.780. The van der Waals surface area contributed by atoms with Gasteiger partial charge in [-0.3, -0.25) is 4.79 Å². The quantitative estimate of drug-likeness (QED) is 0.881. The molecule has 4 nitrogen and oxygen atoms in total. The number of piperidine rings is 1. The molecule has 6 heteroatoms. The molecular weight excluding hydrogens is 332 g/mol. The van der Waals surface area contributed by atoms with E-state index in [9.17, 15) is 4.79 Å². The number of benzene rings is 1. The summed E-state index contributed by atoms with van der Waals surface area (Å²) in [6.07, 6.45) is 2.13. The molecule has 0 aromatic heterocycles. The molecule has 1 aliphatic rings. The van der Waals surface area contributed by atoms with Crippen molar-refractivity contribution in [2.24, 2.45) is 0 Å². The van der Waals surface area contributed by atoms with E-state index in [4.69, 9.17) is 4.74 Å². The van der Waals surface area contributed by atoms with E-state index >= 15 is 0 Å². The molecule has 106 valence electrons. The van der Waals surface area contributed by atoms with Crippen molar-refractivity contribution in [2.45, 2.75) is 18.9 Å². The van der Waals surface area contributed by atoms with Gasteiger partial charge in [-0.2, -0.15) is 0 Å². The van der Waals surface area contributed by atoms with E-state index in [0.717, 1.165) is 30.4 Å². The molecule has 1 atom stereocenters. The van der Waals surface area contributed by atoms with E-state index in [1.165, 1.54) is 0 Å². The van der Waals surface area contributed by atoms with Gasteiger partial charge >= 0.3 is 0 Å². The molecule has 0 spiro atoms. The molecule has 0 saturated carbocycles. The fourth-order valence-corrected chi connectivity index (χ4v) is 2.43. The van der Waals surface area contributed by atoms with Crippen molar-refractivity contribution < 1.29 is 9.53 Å². The molecule has 0 unspecified atom stereocenters. The lowest BCUT2D eigenvalue weighted by Gasteiger charge is -2.24. The van der Waals surface area contributed by atoms with Gasteiger partial charge in [0.15, 0.2) is 0 Å². The molecule has 1 aromatic carbocycles. The standard InChI is InChI=1S/C13H17BrN2O2.ClH/c1-18-12-7-9(14)4-5-11(12)13(17)16-10-3-2-6-15-8-10;/h4-5,7,10,15H,2-3,6,8H2,1H3,(H,16,17);1H/t10-;/m0./s1. The van der Waals surface area contributed by atoms with Crippen LogP contribution in [0.3, 0.4) is 0 Å². The van der Waals surface area contributed by atoms with Crippen LogP contribution in [0.15, 0.2) is 22.7 Å². The SMILES string of the molecule is COc1cc(Br)ccc1C(=O)N[C@H]1CCCNC1.Cl.